The van der Waals surface area contributed by atoms with Crippen LogP contribution in [0.2, 0.25) is 0 Å². The van der Waals surface area contributed by atoms with Gasteiger partial charge in [0.1, 0.15) is 18.6 Å². The normalized spacial score (nSPS) is 12.7. The minimum Gasteiger partial charge on any atom is -0.748 e. The molecule has 356 valence electrons. The summed E-state index contributed by atoms with van der Waals surface area (Å²) >= 11 is 0. The molecule has 0 radical (unpaired) electrons. The number of nitrogens with zero attached hydrogens (tertiary/aromatic N) is 1. The molecule has 0 aliphatic rings. The van der Waals surface area contributed by atoms with Crippen molar-refractivity contribution >= 4 is 10.1 Å². The fourth-order valence-corrected chi connectivity index (χ4v) is 9.25. The molecule has 5 heteroatoms. The van der Waals surface area contributed by atoms with Crippen LogP contribution in [0.5, 0.6) is 0 Å². The smallest absolute Gasteiger partial charge is 0.101 e. The third-order valence-corrected chi connectivity index (χ3v) is 13.6. The molecule has 0 aromatic heterocycles. The first kappa shape index (κ1) is 59.1. The molecular formula is C55H107NO3S. The number of rotatable bonds is 50. The molecule has 0 aliphatic heterocycles. The summed E-state index contributed by atoms with van der Waals surface area (Å²) in [5.41, 5.74) is 0. The predicted octanol–water partition coefficient (Wildman–Crippen LogP) is 19.1. The van der Waals surface area contributed by atoms with Gasteiger partial charge in [0, 0.05) is 5.75 Å². The van der Waals surface area contributed by atoms with E-state index in [1.165, 1.54) is 250 Å². The van der Waals surface area contributed by atoms with Crippen LogP contribution in [0.15, 0.2) is 36.8 Å². The van der Waals surface area contributed by atoms with Gasteiger partial charge in [-0.2, -0.15) is 0 Å². The molecule has 0 spiro atoms. The highest BCUT2D eigenvalue weighted by molar-refractivity contribution is 7.85. The summed E-state index contributed by atoms with van der Waals surface area (Å²) in [5, 5.41) is 0. The average Bonchev–Trinajstić information content (AvgIpc) is 3.23. The number of hydrogen-bond donors (Lipinski definition) is 0. The second-order valence-corrected chi connectivity index (χ2v) is 20.5. The Kier molecular flexibility index (Phi) is 46.8. The molecule has 0 saturated carbocycles. The van der Waals surface area contributed by atoms with Crippen molar-refractivity contribution in [2.45, 2.75) is 303 Å². The number of allylic oxidation sites excluding steroid dienone is 3. The maximum atomic E-state index is 11.4. The Morgan fingerprint density at radius 2 is 0.533 bits per heavy atom. The van der Waals surface area contributed by atoms with Crippen LogP contribution in [-0.4, -0.2) is 29.8 Å². The first-order valence-corrected chi connectivity index (χ1v) is 28.8. The molecule has 0 amide bonds. The summed E-state index contributed by atoms with van der Waals surface area (Å²) in [6.07, 6.45) is 72.2. The average molecular weight is 863 g/mol. The third-order valence-electron chi connectivity index (χ3n) is 12.8. The molecule has 0 heterocycles. The van der Waals surface area contributed by atoms with Crippen LogP contribution < -0.4 is 0 Å². The monoisotopic (exact) mass is 862 g/mol. The molecule has 0 atom stereocenters. The van der Waals surface area contributed by atoms with Gasteiger partial charge in [0.2, 0.25) is 0 Å². The van der Waals surface area contributed by atoms with E-state index in [1.807, 2.05) is 0 Å². The topological polar surface area (TPSA) is 57.2 Å². The zero-order chi connectivity index (χ0) is 43.8. The van der Waals surface area contributed by atoms with Crippen molar-refractivity contribution in [2.24, 2.45) is 0 Å². The van der Waals surface area contributed by atoms with Gasteiger partial charge in [-0.25, -0.2) is 12.9 Å². The molecule has 0 unspecified atom stereocenters. The van der Waals surface area contributed by atoms with Crippen molar-refractivity contribution in [1.82, 2.24) is 0 Å². The van der Waals surface area contributed by atoms with Gasteiger partial charge in [-0.15, -0.1) is 0 Å². The van der Waals surface area contributed by atoms with E-state index in [1.54, 1.807) is 0 Å². The van der Waals surface area contributed by atoms with Crippen LogP contribution in [0.3, 0.4) is 0 Å². The van der Waals surface area contributed by atoms with Gasteiger partial charge in [-0.1, -0.05) is 252 Å². The number of unbranched alkanes of at least 4 members (excludes halogenated alkanes) is 40. The minimum atomic E-state index is -4.18. The SMILES string of the molecule is CCCCCCCCCCCCCCC/C=C/[N+](/C=C/CCCCCCCCCCCCCCC)(/C=C/CCCCCCCCCCCCCCC)CCCCS(=O)(=O)[O-]. The Morgan fingerprint density at radius 1 is 0.317 bits per heavy atom. The van der Waals surface area contributed by atoms with E-state index in [-0.39, 0.29) is 5.75 Å². The van der Waals surface area contributed by atoms with Gasteiger partial charge in [0.15, 0.2) is 0 Å². The van der Waals surface area contributed by atoms with E-state index in [2.05, 4.69) is 57.6 Å². The maximum Gasteiger partial charge on any atom is 0.101 e. The first-order chi connectivity index (χ1) is 29.4. The molecule has 0 saturated heterocycles. The van der Waals surface area contributed by atoms with Gasteiger partial charge >= 0.3 is 0 Å². The van der Waals surface area contributed by atoms with Gasteiger partial charge < -0.3 is 4.55 Å². The summed E-state index contributed by atoms with van der Waals surface area (Å²) in [4.78, 5) is 0. The molecule has 0 bridgehead atoms. The lowest BCUT2D eigenvalue weighted by Gasteiger charge is -2.27. The van der Waals surface area contributed by atoms with E-state index < -0.39 is 10.1 Å². The van der Waals surface area contributed by atoms with Crippen LogP contribution in [0, 0.1) is 0 Å². The van der Waals surface area contributed by atoms with Gasteiger partial charge in [-0.3, -0.25) is 0 Å². The Labute approximate surface area is 378 Å². The van der Waals surface area contributed by atoms with E-state index >= 15 is 0 Å². The minimum absolute atomic E-state index is 0.263. The molecule has 0 rings (SSSR count). The van der Waals surface area contributed by atoms with Crippen molar-refractivity contribution in [1.29, 1.82) is 0 Å². The molecule has 0 aliphatic carbocycles. The lowest BCUT2D eigenvalue weighted by atomic mass is 10.0. The molecule has 0 fully saturated rings. The molecule has 60 heavy (non-hydrogen) atoms. The van der Waals surface area contributed by atoms with Crippen molar-refractivity contribution in [3.63, 3.8) is 0 Å². The van der Waals surface area contributed by atoms with Crippen LogP contribution in [0.25, 0.3) is 0 Å². The van der Waals surface area contributed by atoms with Gasteiger partial charge in [-0.05, 0) is 69.6 Å². The molecule has 0 N–H and O–H groups in total. The van der Waals surface area contributed by atoms with Crippen LogP contribution in [0.1, 0.15) is 303 Å². The molecule has 0 aromatic rings. The summed E-state index contributed by atoms with van der Waals surface area (Å²) in [6, 6.07) is 0. The molecule has 4 nitrogen and oxygen atoms in total. The Balaban J connectivity index is 5.00. The quantitative estimate of drug-likeness (QED) is 0.0348. The van der Waals surface area contributed by atoms with Crippen molar-refractivity contribution in [2.75, 3.05) is 12.3 Å². The summed E-state index contributed by atoms with van der Waals surface area (Å²) in [7, 11) is -4.18. The Morgan fingerprint density at radius 3 is 0.750 bits per heavy atom. The number of hydrogen-bond acceptors (Lipinski definition) is 3. The third kappa shape index (κ3) is 46.6. The summed E-state index contributed by atoms with van der Waals surface area (Å²) < 4.78 is 35.0. The van der Waals surface area contributed by atoms with Gasteiger partial charge in [0.05, 0.1) is 16.7 Å². The van der Waals surface area contributed by atoms with E-state index in [4.69, 9.17) is 0 Å². The van der Waals surface area contributed by atoms with Crippen LogP contribution in [0.4, 0.5) is 0 Å². The van der Waals surface area contributed by atoms with Crippen LogP contribution >= 0.6 is 0 Å². The summed E-state index contributed by atoms with van der Waals surface area (Å²) in [6.45, 7) is 7.68. The molecular weight excluding hydrogens is 755 g/mol. The highest BCUT2D eigenvalue weighted by Gasteiger charge is 2.19. The van der Waals surface area contributed by atoms with E-state index in [0.29, 0.717) is 10.9 Å². The van der Waals surface area contributed by atoms with Gasteiger partial charge in [0.25, 0.3) is 0 Å². The fraction of sp³-hybridized carbons (Fsp3) is 0.891. The standard InChI is InChI=1S/C55H107NO3S/c1-4-7-10-13-16-19-22-25-28-31-34-37-40-43-46-51-56(54-49-50-55-60(57,58)59,52-47-44-41-38-35-32-29-26-23-20-17-14-11-8-5-2)53-48-45-42-39-36-33-30-27-24-21-18-15-12-9-6-3/h46-48,51-53H,4-45,49-50,54-55H2,1-3H3/b51-46+,52-47+,53-48+. The second kappa shape index (κ2) is 47.6. The lowest BCUT2D eigenvalue weighted by molar-refractivity contribution is -0.774. The number of quaternary nitrogens is 1. The van der Waals surface area contributed by atoms with Crippen molar-refractivity contribution in [3.8, 4) is 0 Å². The Hall–Kier alpha value is -0.910. The van der Waals surface area contributed by atoms with Crippen molar-refractivity contribution < 1.29 is 17.5 Å². The largest absolute Gasteiger partial charge is 0.748 e. The highest BCUT2D eigenvalue weighted by Crippen LogP contribution is 2.20. The lowest BCUT2D eigenvalue weighted by Crippen LogP contribution is -2.32. The first-order valence-electron chi connectivity index (χ1n) is 27.2. The van der Waals surface area contributed by atoms with E-state index in [0.717, 1.165) is 32.2 Å². The predicted molar refractivity (Wildman–Crippen MR) is 267 cm³/mol. The second-order valence-electron chi connectivity index (χ2n) is 18.9. The van der Waals surface area contributed by atoms with E-state index in [9.17, 15) is 13.0 Å². The zero-order valence-electron chi connectivity index (χ0n) is 41.1. The Bertz CT molecular complexity index is 936. The summed E-state index contributed by atoms with van der Waals surface area (Å²) in [5.74, 6) is -0.263. The zero-order valence-corrected chi connectivity index (χ0v) is 41.9. The fourth-order valence-electron chi connectivity index (χ4n) is 8.69. The molecule has 0 aromatic carbocycles. The maximum absolute atomic E-state index is 11.4. The van der Waals surface area contributed by atoms with Crippen LogP contribution in [-0.2, 0) is 10.1 Å². The highest BCUT2D eigenvalue weighted by atomic mass is 32.2. The van der Waals surface area contributed by atoms with Crippen molar-refractivity contribution in [3.05, 3.63) is 36.8 Å².